The second-order valence-corrected chi connectivity index (χ2v) is 11.9. The van der Waals surface area contributed by atoms with E-state index in [0.29, 0.717) is 0 Å². The Hall–Kier alpha value is -0.180. The Morgan fingerprint density at radius 1 is 1.15 bits per heavy atom. The van der Waals surface area contributed by atoms with Crippen LogP contribution in [0, 0.1) is 6.08 Å². The molecule has 1 radical (unpaired) electrons. The summed E-state index contributed by atoms with van der Waals surface area (Å²) < 4.78 is 6.00. The molecule has 2 aliphatic carbocycles. The van der Waals surface area contributed by atoms with Crippen molar-refractivity contribution < 1.29 is 55.4 Å². The first-order chi connectivity index (χ1) is 11.5. The number of benzene rings is 1. The van der Waals surface area contributed by atoms with Crippen molar-refractivity contribution in [2.75, 3.05) is 6.61 Å². The number of rotatable bonds is 6. The van der Waals surface area contributed by atoms with Gasteiger partial charge in [0, 0.05) is 6.61 Å². The predicted molar refractivity (Wildman–Crippen MR) is 105 cm³/mol. The Balaban J connectivity index is 0.00000225. The minimum absolute atomic E-state index is 0. The number of hydrogen-bond acceptors (Lipinski definition) is 1. The van der Waals surface area contributed by atoms with Crippen LogP contribution in [0.25, 0.3) is 5.57 Å². The molecule has 0 aliphatic heterocycles. The van der Waals surface area contributed by atoms with Crippen LogP contribution >= 0.6 is 0 Å². The van der Waals surface area contributed by atoms with Crippen LogP contribution < -0.4 is 24.8 Å². The molecule has 0 N–H and O–H groups in total. The molecule has 2 aliphatic rings. The molecule has 143 valence electrons. The molecule has 0 unspecified atom stereocenters. The van der Waals surface area contributed by atoms with Gasteiger partial charge < -0.3 is 29.2 Å². The number of allylic oxidation sites excluding steroid dienone is 7. The van der Waals surface area contributed by atoms with Crippen LogP contribution in [0.4, 0.5) is 0 Å². The minimum Gasteiger partial charge on any atom is -1.00 e. The van der Waals surface area contributed by atoms with Crippen molar-refractivity contribution in [3.8, 4) is 0 Å². The zero-order valence-electron chi connectivity index (χ0n) is 16.5. The molecule has 0 saturated heterocycles. The van der Waals surface area contributed by atoms with Gasteiger partial charge in [-0.25, -0.2) is 0 Å². The third-order valence-corrected chi connectivity index (χ3v) is 5.56. The minimum atomic E-state index is -1.40. The smallest absolute Gasteiger partial charge is 1.00 e. The second-order valence-electron chi connectivity index (χ2n) is 7.42. The maximum atomic E-state index is 6.00. The van der Waals surface area contributed by atoms with Gasteiger partial charge in [0.25, 0.3) is 0 Å². The molecule has 3 rings (SSSR count). The fraction of sp³-hybridized carbons (Fsp3) is 0.364. The van der Waals surface area contributed by atoms with Crippen LogP contribution in [0.1, 0.15) is 37.3 Å². The van der Waals surface area contributed by atoms with Gasteiger partial charge in [0.05, 0.1) is 0 Å². The van der Waals surface area contributed by atoms with Crippen molar-refractivity contribution in [2.24, 2.45) is 0 Å². The second kappa shape index (κ2) is 11.7. The maximum absolute atomic E-state index is 6.00. The largest absolute Gasteiger partial charge is 3.00 e. The van der Waals surface area contributed by atoms with E-state index in [1.54, 1.807) is 0 Å². The molecule has 1 aromatic carbocycles. The summed E-state index contributed by atoms with van der Waals surface area (Å²) in [6.45, 7) is 9.76. The summed E-state index contributed by atoms with van der Waals surface area (Å²) >= 11 is 0. The summed E-state index contributed by atoms with van der Waals surface area (Å²) in [4.78, 5) is 0. The fourth-order valence-electron chi connectivity index (χ4n) is 3.39. The molecule has 0 spiro atoms. The monoisotopic (exact) mass is 495 g/mol. The van der Waals surface area contributed by atoms with Crippen molar-refractivity contribution in [1.82, 2.24) is 0 Å². The van der Waals surface area contributed by atoms with Crippen molar-refractivity contribution in [3.05, 3.63) is 76.4 Å². The van der Waals surface area contributed by atoms with Gasteiger partial charge >= 0.3 is 26.2 Å². The Morgan fingerprint density at radius 3 is 2.52 bits per heavy atom. The van der Waals surface area contributed by atoms with Crippen LogP contribution in [-0.4, -0.2) is 14.9 Å². The van der Waals surface area contributed by atoms with Crippen LogP contribution in [0.15, 0.2) is 59.2 Å². The summed E-state index contributed by atoms with van der Waals surface area (Å²) in [6, 6.07) is 8.58. The average molecular weight is 498 g/mol. The molecular formula is C22H27Cl2OSiZr. The molecule has 0 saturated carbocycles. The first-order valence-corrected chi connectivity index (χ1v) is 12.3. The maximum Gasteiger partial charge on any atom is 3.00 e. The standard InChI is InChI=1S/C22H27OSi.2ClH.Zr/c1-5-19-21-13-7-6-10-18(21)16-22(19)20-14-8-11-17(20)12-9-15-23-24(2,3)4;;;/h5-8,10-11,13H,9,12,14-15H2,1-4H3;2*1H;/q-1;;;+3/p-2. The Morgan fingerprint density at radius 2 is 1.85 bits per heavy atom. The number of halogens is 2. The number of fused-ring (bicyclic) bond motifs is 1. The molecule has 27 heavy (non-hydrogen) atoms. The van der Waals surface area contributed by atoms with E-state index in [0.717, 1.165) is 25.9 Å². The third-order valence-electron chi connectivity index (χ3n) is 4.49. The van der Waals surface area contributed by atoms with Gasteiger partial charge in [0.1, 0.15) is 0 Å². The van der Waals surface area contributed by atoms with E-state index in [1.165, 1.54) is 33.4 Å². The fourth-order valence-corrected chi connectivity index (χ4v) is 4.15. The zero-order valence-corrected chi connectivity index (χ0v) is 21.5. The molecule has 0 atom stereocenters. The topological polar surface area (TPSA) is 9.23 Å². The normalized spacial score (nSPS) is 16.4. The van der Waals surface area contributed by atoms with E-state index in [-0.39, 0.29) is 51.0 Å². The van der Waals surface area contributed by atoms with Crippen LogP contribution in [-0.2, 0) is 30.6 Å². The third kappa shape index (κ3) is 6.68. The van der Waals surface area contributed by atoms with Gasteiger partial charge in [0.15, 0.2) is 8.32 Å². The van der Waals surface area contributed by atoms with Gasteiger partial charge in [-0.05, 0) is 38.9 Å². The van der Waals surface area contributed by atoms with Gasteiger partial charge in [0.2, 0.25) is 0 Å². The average Bonchev–Trinajstić information content (AvgIpc) is 3.14. The number of hydrogen-bond donors (Lipinski definition) is 0. The molecular weight excluding hydrogens is 470 g/mol. The molecule has 0 amide bonds. The summed E-state index contributed by atoms with van der Waals surface area (Å²) in [7, 11) is -1.40. The van der Waals surface area contributed by atoms with Gasteiger partial charge in [-0.1, -0.05) is 48.4 Å². The van der Waals surface area contributed by atoms with Crippen molar-refractivity contribution in [1.29, 1.82) is 0 Å². The van der Waals surface area contributed by atoms with Gasteiger partial charge in [-0.15, -0.1) is 40.5 Å². The summed E-state index contributed by atoms with van der Waals surface area (Å²) in [5, 5.41) is 0. The van der Waals surface area contributed by atoms with E-state index >= 15 is 0 Å². The van der Waals surface area contributed by atoms with Crippen LogP contribution in [0.2, 0.25) is 19.6 Å². The van der Waals surface area contributed by atoms with E-state index in [9.17, 15) is 0 Å². The predicted octanol–water partition coefficient (Wildman–Crippen LogP) is 0.0749. The zero-order chi connectivity index (χ0) is 17.2. The van der Waals surface area contributed by atoms with Crippen molar-refractivity contribution in [2.45, 2.75) is 45.8 Å². The van der Waals surface area contributed by atoms with Crippen LogP contribution in [0.3, 0.4) is 0 Å². The quantitative estimate of drug-likeness (QED) is 0.307. The van der Waals surface area contributed by atoms with Crippen LogP contribution in [0.5, 0.6) is 0 Å². The van der Waals surface area contributed by atoms with Gasteiger partial charge in [-0.2, -0.15) is 0 Å². The Labute approximate surface area is 197 Å². The molecule has 0 heterocycles. The van der Waals surface area contributed by atoms with E-state index in [4.69, 9.17) is 4.43 Å². The van der Waals surface area contributed by atoms with E-state index in [1.807, 2.05) is 0 Å². The molecule has 0 bridgehead atoms. The van der Waals surface area contributed by atoms with E-state index in [2.05, 4.69) is 75.1 Å². The molecule has 0 aromatic heterocycles. The molecule has 1 aromatic rings. The Bertz CT molecular complexity index is 758. The summed E-state index contributed by atoms with van der Waals surface area (Å²) in [6.07, 6.45) is 13.7. The van der Waals surface area contributed by atoms with Crippen molar-refractivity contribution in [3.63, 3.8) is 0 Å². The van der Waals surface area contributed by atoms with Crippen molar-refractivity contribution >= 4 is 13.9 Å². The molecule has 1 nitrogen and oxygen atoms in total. The summed E-state index contributed by atoms with van der Waals surface area (Å²) in [5.41, 5.74) is 8.08. The SMILES string of the molecule is CC=C1C(C2=C(CCCO[Si](C)(C)C)C=CC2)=[C-]c2ccccc21.[Cl-].[Cl-].[Zr+3]. The summed E-state index contributed by atoms with van der Waals surface area (Å²) in [5.74, 6) is 0. The van der Waals surface area contributed by atoms with E-state index < -0.39 is 8.32 Å². The molecule has 5 heteroatoms. The first-order valence-electron chi connectivity index (χ1n) is 8.92. The Kier molecular flexibility index (Phi) is 11.7. The first kappa shape index (κ1) is 26.8. The van der Waals surface area contributed by atoms with Gasteiger partial charge in [-0.3, -0.25) is 0 Å². The molecule has 0 fully saturated rings.